The van der Waals surface area contributed by atoms with Crippen LogP contribution in [0.15, 0.2) is 55.1 Å². The summed E-state index contributed by atoms with van der Waals surface area (Å²) in [4.78, 5) is 28.3. The third-order valence-electron chi connectivity index (χ3n) is 4.05. The van der Waals surface area contributed by atoms with Gasteiger partial charge in [-0.1, -0.05) is 29.3 Å². The average Bonchev–Trinajstić information content (AvgIpc) is 3.20. The molecule has 3 aromatic rings. The number of rotatable bonds is 6. The van der Waals surface area contributed by atoms with Gasteiger partial charge < -0.3 is 10.6 Å². The van der Waals surface area contributed by atoms with Crippen molar-refractivity contribution in [2.45, 2.75) is 19.4 Å². The molecule has 0 radical (unpaired) electrons. The number of nitrogens with zero attached hydrogens (tertiary/aromatic N) is 3. The van der Waals surface area contributed by atoms with Crippen molar-refractivity contribution in [3.63, 3.8) is 0 Å². The molecule has 2 aromatic carbocycles. The molecule has 9 heteroatoms. The van der Waals surface area contributed by atoms with Crippen molar-refractivity contribution in [2.75, 3.05) is 10.6 Å². The average molecular weight is 418 g/mol. The monoisotopic (exact) mass is 417 g/mol. The van der Waals surface area contributed by atoms with E-state index >= 15 is 0 Å². The molecular formula is C19H17Cl2N5O2. The third kappa shape index (κ3) is 4.88. The van der Waals surface area contributed by atoms with E-state index in [-0.39, 0.29) is 18.2 Å². The first kappa shape index (κ1) is 19.9. The van der Waals surface area contributed by atoms with E-state index in [4.69, 9.17) is 23.2 Å². The molecular weight excluding hydrogens is 401 g/mol. The molecule has 1 heterocycles. The van der Waals surface area contributed by atoms with Gasteiger partial charge in [0.2, 0.25) is 11.8 Å². The van der Waals surface area contributed by atoms with Crippen LogP contribution in [0.1, 0.15) is 18.5 Å². The first-order chi connectivity index (χ1) is 13.4. The molecule has 0 unspecified atom stereocenters. The van der Waals surface area contributed by atoms with Crippen LogP contribution in [-0.4, -0.2) is 26.6 Å². The zero-order valence-electron chi connectivity index (χ0n) is 14.9. The summed E-state index contributed by atoms with van der Waals surface area (Å²) < 4.78 is 1.46. The molecule has 2 amide bonds. The van der Waals surface area contributed by atoms with Gasteiger partial charge in [-0.2, -0.15) is 5.10 Å². The van der Waals surface area contributed by atoms with E-state index in [1.54, 1.807) is 49.4 Å². The topological polar surface area (TPSA) is 88.9 Å². The van der Waals surface area contributed by atoms with Gasteiger partial charge in [-0.15, -0.1) is 0 Å². The van der Waals surface area contributed by atoms with Gasteiger partial charge >= 0.3 is 0 Å². The number of hydrogen-bond donors (Lipinski definition) is 2. The molecule has 0 aliphatic rings. The fourth-order valence-electron chi connectivity index (χ4n) is 2.49. The summed E-state index contributed by atoms with van der Waals surface area (Å²) in [6.45, 7) is 1.72. The Hall–Kier alpha value is -2.90. The molecule has 1 aromatic heterocycles. The molecule has 3 rings (SSSR count). The minimum atomic E-state index is -0.498. The lowest BCUT2D eigenvalue weighted by molar-refractivity contribution is -0.119. The molecule has 0 aliphatic heterocycles. The lowest BCUT2D eigenvalue weighted by Gasteiger charge is -2.13. The number of aromatic nitrogens is 3. The Bertz CT molecular complexity index is 954. The predicted octanol–water partition coefficient (Wildman–Crippen LogP) is 3.97. The van der Waals surface area contributed by atoms with E-state index in [1.165, 1.54) is 17.3 Å². The molecule has 0 fully saturated rings. The Morgan fingerprint density at radius 3 is 2.21 bits per heavy atom. The summed E-state index contributed by atoms with van der Waals surface area (Å²) >= 11 is 12.2. The van der Waals surface area contributed by atoms with E-state index in [0.29, 0.717) is 27.0 Å². The molecule has 144 valence electrons. The summed E-state index contributed by atoms with van der Waals surface area (Å²) in [6.07, 6.45) is 2.91. The quantitative estimate of drug-likeness (QED) is 0.634. The summed E-state index contributed by atoms with van der Waals surface area (Å²) in [7, 11) is 0. The van der Waals surface area contributed by atoms with Gasteiger partial charge in [0.1, 0.15) is 18.7 Å². The van der Waals surface area contributed by atoms with Gasteiger partial charge in [0.05, 0.1) is 6.42 Å². The highest BCUT2D eigenvalue weighted by atomic mass is 35.5. The fourth-order valence-corrected chi connectivity index (χ4v) is 3.02. The van der Waals surface area contributed by atoms with Crippen LogP contribution in [0.5, 0.6) is 0 Å². The van der Waals surface area contributed by atoms with Crippen LogP contribution < -0.4 is 10.6 Å². The van der Waals surface area contributed by atoms with Crippen molar-refractivity contribution in [3.05, 3.63) is 70.7 Å². The van der Waals surface area contributed by atoms with Gasteiger partial charge in [0.25, 0.3) is 0 Å². The second-order valence-electron chi connectivity index (χ2n) is 6.04. The van der Waals surface area contributed by atoms with E-state index in [1.807, 2.05) is 0 Å². The Morgan fingerprint density at radius 2 is 1.64 bits per heavy atom. The molecule has 0 spiro atoms. The zero-order chi connectivity index (χ0) is 20.1. The molecule has 1 atom stereocenters. The van der Waals surface area contributed by atoms with Crippen LogP contribution in [-0.2, 0) is 16.0 Å². The second kappa shape index (κ2) is 8.86. The standard InChI is InChI=1S/C19H17Cl2N5O2/c1-12(26-11-22-10-23-26)19(28)25-14-7-5-13(6-8-14)24-18(27)9-15-16(20)3-2-4-17(15)21/h2-8,10-12H,9H2,1H3,(H,24,27)(H,25,28)/t12-/m1/s1. The minimum Gasteiger partial charge on any atom is -0.326 e. The maximum atomic E-state index is 12.3. The van der Waals surface area contributed by atoms with Crippen molar-refractivity contribution < 1.29 is 9.59 Å². The van der Waals surface area contributed by atoms with Crippen molar-refractivity contribution in [3.8, 4) is 0 Å². The van der Waals surface area contributed by atoms with Crippen LogP contribution in [0, 0.1) is 0 Å². The number of carbonyl (C=O) groups is 2. The Kier molecular flexibility index (Phi) is 6.28. The number of carbonyl (C=O) groups excluding carboxylic acids is 2. The smallest absolute Gasteiger partial charge is 0.249 e. The number of hydrogen-bond acceptors (Lipinski definition) is 4. The zero-order valence-corrected chi connectivity index (χ0v) is 16.4. The molecule has 2 N–H and O–H groups in total. The summed E-state index contributed by atoms with van der Waals surface area (Å²) in [6, 6.07) is 11.4. The van der Waals surface area contributed by atoms with E-state index < -0.39 is 6.04 Å². The maximum Gasteiger partial charge on any atom is 0.249 e. The largest absolute Gasteiger partial charge is 0.326 e. The highest BCUT2D eigenvalue weighted by molar-refractivity contribution is 6.36. The van der Waals surface area contributed by atoms with Crippen molar-refractivity contribution in [1.82, 2.24) is 14.8 Å². The summed E-state index contributed by atoms with van der Waals surface area (Å²) in [5.74, 6) is -0.470. The third-order valence-corrected chi connectivity index (χ3v) is 4.76. The van der Waals surface area contributed by atoms with Crippen LogP contribution >= 0.6 is 23.2 Å². The van der Waals surface area contributed by atoms with Crippen LogP contribution in [0.25, 0.3) is 0 Å². The molecule has 0 saturated heterocycles. The number of benzene rings is 2. The first-order valence-corrected chi connectivity index (χ1v) is 9.17. The normalized spacial score (nSPS) is 11.7. The van der Waals surface area contributed by atoms with Gasteiger partial charge in [0, 0.05) is 21.4 Å². The van der Waals surface area contributed by atoms with Crippen LogP contribution in [0.3, 0.4) is 0 Å². The lowest BCUT2D eigenvalue weighted by atomic mass is 10.1. The van der Waals surface area contributed by atoms with Gasteiger partial charge in [-0.25, -0.2) is 9.67 Å². The summed E-state index contributed by atoms with van der Waals surface area (Å²) in [5.41, 5.74) is 1.77. The Labute approximate surface area is 171 Å². The van der Waals surface area contributed by atoms with Crippen LogP contribution in [0.2, 0.25) is 10.0 Å². The Morgan fingerprint density at radius 1 is 1.04 bits per heavy atom. The number of anilines is 2. The van der Waals surface area contributed by atoms with Gasteiger partial charge in [-0.05, 0) is 48.9 Å². The van der Waals surface area contributed by atoms with E-state index in [0.717, 1.165) is 0 Å². The first-order valence-electron chi connectivity index (χ1n) is 8.42. The lowest BCUT2D eigenvalue weighted by Crippen LogP contribution is -2.24. The van der Waals surface area contributed by atoms with Gasteiger partial charge in [0.15, 0.2) is 0 Å². The molecule has 7 nitrogen and oxygen atoms in total. The van der Waals surface area contributed by atoms with E-state index in [2.05, 4.69) is 20.7 Å². The second-order valence-corrected chi connectivity index (χ2v) is 6.86. The van der Waals surface area contributed by atoms with Crippen molar-refractivity contribution in [1.29, 1.82) is 0 Å². The van der Waals surface area contributed by atoms with Gasteiger partial charge in [-0.3, -0.25) is 9.59 Å². The molecule has 0 aliphatic carbocycles. The molecule has 0 bridgehead atoms. The Balaban J connectivity index is 1.58. The van der Waals surface area contributed by atoms with E-state index in [9.17, 15) is 9.59 Å². The summed E-state index contributed by atoms with van der Waals surface area (Å²) in [5, 5.41) is 10.4. The molecule has 0 saturated carbocycles. The van der Waals surface area contributed by atoms with Crippen molar-refractivity contribution in [2.24, 2.45) is 0 Å². The number of amides is 2. The fraction of sp³-hybridized carbons (Fsp3) is 0.158. The predicted molar refractivity (Wildman–Crippen MR) is 109 cm³/mol. The molecule has 28 heavy (non-hydrogen) atoms. The SMILES string of the molecule is C[C@H](C(=O)Nc1ccc(NC(=O)Cc2c(Cl)cccc2Cl)cc1)n1cncn1. The minimum absolute atomic E-state index is 0.0619. The highest BCUT2D eigenvalue weighted by Crippen LogP contribution is 2.25. The van der Waals surface area contributed by atoms with Crippen LogP contribution in [0.4, 0.5) is 11.4 Å². The highest BCUT2D eigenvalue weighted by Gasteiger charge is 2.15. The number of halogens is 2. The van der Waals surface area contributed by atoms with Crippen molar-refractivity contribution >= 4 is 46.4 Å². The number of nitrogens with one attached hydrogen (secondary N) is 2. The maximum absolute atomic E-state index is 12.3.